The maximum absolute atomic E-state index is 14.0. The molecule has 2 N–H and O–H groups in total. The van der Waals surface area contributed by atoms with Gasteiger partial charge in [-0.15, -0.1) is 0 Å². The van der Waals surface area contributed by atoms with Gasteiger partial charge in [0.1, 0.15) is 10.8 Å². The highest BCUT2D eigenvalue weighted by atomic mass is 35.5. The molecule has 106 valence electrons. The molecule has 7 heteroatoms. The van der Waals surface area contributed by atoms with Crippen molar-refractivity contribution in [2.24, 2.45) is 5.10 Å². The number of imidazole rings is 1. The second-order valence-electron chi connectivity index (χ2n) is 4.04. The summed E-state index contributed by atoms with van der Waals surface area (Å²) >= 11 is 5.89. The van der Waals surface area contributed by atoms with E-state index >= 15 is 0 Å². The number of hydrogen-bond donors (Lipinski definition) is 1. The zero-order valence-electron chi connectivity index (χ0n) is 11.1. The molecule has 0 fully saturated rings. The van der Waals surface area contributed by atoms with Crippen LogP contribution >= 0.6 is 11.6 Å². The molecule has 0 radical (unpaired) electrons. The minimum atomic E-state index is -0.586. The summed E-state index contributed by atoms with van der Waals surface area (Å²) in [5, 5.41) is 3.97. The van der Waals surface area contributed by atoms with E-state index in [-0.39, 0.29) is 16.5 Å². The summed E-state index contributed by atoms with van der Waals surface area (Å²) in [6.07, 6.45) is 2.97. The van der Waals surface area contributed by atoms with Crippen molar-refractivity contribution in [3.8, 4) is 5.75 Å². The van der Waals surface area contributed by atoms with Crippen LogP contribution in [-0.4, -0.2) is 22.5 Å². The molecule has 0 aliphatic carbocycles. The second kappa shape index (κ2) is 5.92. The fraction of sp³-hybridized carbons (Fsp3) is 0.231. The van der Waals surface area contributed by atoms with Crippen LogP contribution in [0.4, 0.5) is 10.3 Å². The monoisotopic (exact) mass is 296 g/mol. The summed E-state index contributed by atoms with van der Waals surface area (Å²) in [4.78, 5) is 3.99. The molecular weight excluding hydrogens is 283 g/mol. The highest BCUT2D eigenvalue weighted by Gasteiger charge is 2.11. The number of rotatable bonds is 4. The van der Waals surface area contributed by atoms with Gasteiger partial charge in [0.05, 0.1) is 24.7 Å². The van der Waals surface area contributed by atoms with Crippen LogP contribution in [0.25, 0.3) is 0 Å². The van der Waals surface area contributed by atoms with Crippen molar-refractivity contribution in [1.82, 2.24) is 9.66 Å². The first kappa shape index (κ1) is 14.3. The van der Waals surface area contributed by atoms with Crippen molar-refractivity contribution in [2.45, 2.75) is 13.8 Å². The number of aromatic nitrogens is 2. The normalized spacial score (nSPS) is 11.2. The molecule has 20 heavy (non-hydrogen) atoms. The van der Waals surface area contributed by atoms with Crippen LogP contribution in [0.2, 0.25) is 5.02 Å². The Morgan fingerprint density at radius 2 is 2.30 bits per heavy atom. The van der Waals surface area contributed by atoms with E-state index in [4.69, 9.17) is 22.1 Å². The molecular formula is C13H14ClFN4O. The molecule has 0 atom stereocenters. The van der Waals surface area contributed by atoms with Gasteiger partial charge in [0.2, 0.25) is 5.95 Å². The van der Waals surface area contributed by atoms with Gasteiger partial charge in [-0.3, -0.25) is 0 Å². The van der Waals surface area contributed by atoms with E-state index in [0.29, 0.717) is 12.4 Å². The Morgan fingerprint density at radius 1 is 1.55 bits per heavy atom. The zero-order chi connectivity index (χ0) is 14.7. The van der Waals surface area contributed by atoms with Gasteiger partial charge in [-0.25, -0.2) is 14.1 Å². The van der Waals surface area contributed by atoms with Crippen LogP contribution in [0.5, 0.6) is 5.75 Å². The first-order valence-electron chi connectivity index (χ1n) is 5.99. The first-order valence-corrected chi connectivity index (χ1v) is 6.37. The van der Waals surface area contributed by atoms with Gasteiger partial charge >= 0.3 is 0 Å². The molecule has 0 aliphatic rings. The van der Waals surface area contributed by atoms with Crippen LogP contribution in [0.15, 0.2) is 23.4 Å². The van der Waals surface area contributed by atoms with Gasteiger partial charge in [0.25, 0.3) is 0 Å². The highest BCUT2D eigenvalue weighted by molar-refractivity contribution is 6.32. The number of anilines is 1. The fourth-order valence-electron chi connectivity index (χ4n) is 1.63. The Bertz CT molecular complexity index is 654. The third-order valence-corrected chi connectivity index (χ3v) is 2.88. The van der Waals surface area contributed by atoms with E-state index in [1.165, 1.54) is 17.0 Å². The SMILES string of the molecule is CCOc1ccc(C=Nn2cc(C)nc2N)c(F)c1Cl. The molecule has 0 saturated heterocycles. The average Bonchev–Trinajstić information content (AvgIpc) is 2.73. The Labute approximate surface area is 120 Å². The molecule has 1 aromatic heterocycles. The Kier molecular flexibility index (Phi) is 4.24. The van der Waals surface area contributed by atoms with Crippen LogP contribution in [0, 0.1) is 12.7 Å². The van der Waals surface area contributed by atoms with E-state index in [1.807, 2.05) is 0 Å². The van der Waals surface area contributed by atoms with Crippen molar-refractivity contribution in [3.63, 3.8) is 0 Å². The number of nitrogens with zero attached hydrogens (tertiary/aromatic N) is 3. The predicted octanol–water partition coefficient (Wildman–Crippen LogP) is 2.85. The Hall–Kier alpha value is -2.08. The van der Waals surface area contributed by atoms with Crippen molar-refractivity contribution >= 4 is 23.8 Å². The lowest BCUT2D eigenvalue weighted by molar-refractivity contribution is 0.338. The standard InChI is InChI=1S/C13H14ClFN4O/c1-3-20-10-5-4-9(12(15)11(10)14)6-17-19-7-8(2)18-13(19)16/h4-7H,3H2,1-2H3,(H2,16,18). The Balaban J connectivity index is 2.30. The fourth-order valence-corrected chi connectivity index (χ4v) is 1.86. The van der Waals surface area contributed by atoms with E-state index in [2.05, 4.69) is 10.1 Å². The molecule has 0 unspecified atom stereocenters. The molecule has 1 aromatic carbocycles. The van der Waals surface area contributed by atoms with Gasteiger partial charge in [0.15, 0.2) is 5.82 Å². The lowest BCUT2D eigenvalue weighted by Gasteiger charge is -2.07. The van der Waals surface area contributed by atoms with E-state index in [9.17, 15) is 4.39 Å². The third-order valence-electron chi connectivity index (χ3n) is 2.53. The predicted molar refractivity (Wildman–Crippen MR) is 76.9 cm³/mol. The number of nitrogens with two attached hydrogens (primary N) is 1. The van der Waals surface area contributed by atoms with Gasteiger partial charge < -0.3 is 10.5 Å². The average molecular weight is 297 g/mol. The number of nitrogen functional groups attached to an aromatic ring is 1. The molecule has 0 saturated carbocycles. The molecule has 0 bridgehead atoms. The minimum Gasteiger partial charge on any atom is -0.492 e. The largest absolute Gasteiger partial charge is 0.492 e. The topological polar surface area (TPSA) is 65.4 Å². The molecule has 5 nitrogen and oxygen atoms in total. The summed E-state index contributed by atoms with van der Waals surface area (Å²) in [6, 6.07) is 3.13. The summed E-state index contributed by atoms with van der Waals surface area (Å²) in [5.41, 5.74) is 6.60. The lowest BCUT2D eigenvalue weighted by atomic mass is 10.2. The van der Waals surface area contributed by atoms with Crippen molar-refractivity contribution in [3.05, 3.63) is 40.4 Å². The number of ether oxygens (including phenoxy) is 1. The number of hydrogen-bond acceptors (Lipinski definition) is 4. The van der Waals surface area contributed by atoms with E-state index in [1.54, 1.807) is 26.1 Å². The first-order chi connectivity index (χ1) is 9.52. The number of aryl methyl sites for hydroxylation is 1. The van der Waals surface area contributed by atoms with Crippen LogP contribution in [0.1, 0.15) is 18.2 Å². The molecule has 0 amide bonds. The summed E-state index contributed by atoms with van der Waals surface area (Å²) in [7, 11) is 0. The molecule has 0 spiro atoms. The highest BCUT2D eigenvalue weighted by Crippen LogP contribution is 2.28. The quantitative estimate of drug-likeness (QED) is 0.882. The van der Waals surface area contributed by atoms with Gasteiger partial charge in [-0.2, -0.15) is 5.10 Å². The smallest absolute Gasteiger partial charge is 0.221 e. The number of halogens is 2. The summed E-state index contributed by atoms with van der Waals surface area (Å²) in [5.74, 6) is -0.0465. The second-order valence-corrected chi connectivity index (χ2v) is 4.42. The van der Waals surface area contributed by atoms with Gasteiger partial charge in [-0.1, -0.05) is 11.6 Å². The molecule has 2 aromatic rings. The molecule has 1 heterocycles. The minimum absolute atomic E-state index is 0.0643. The maximum atomic E-state index is 14.0. The van der Waals surface area contributed by atoms with Gasteiger partial charge in [0, 0.05) is 5.56 Å². The van der Waals surface area contributed by atoms with Crippen LogP contribution in [-0.2, 0) is 0 Å². The van der Waals surface area contributed by atoms with E-state index in [0.717, 1.165) is 5.69 Å². The molecule has 0 aliphatic heterocycles. The van der Waals surface area contributed by atoms with Gasteiger partial charge in [-0.05, 0) is 26.0 Å². The maximum Gasteiger partial charge on any atom is 0.221 e. The summed E-state index contributed by atoms with van der Waals surface area (Å²) in [6.45, 7) is 4.00. The molecule has 2 rings (SSSR count). The van der Waals surface area contributed by atoms with Crippen molar-refractivity contribution < 1.29 is 9.13 Å². The lowest BCUT2D eigenvalue weighted by Crippen LogP contribution is -1.99. The number of benzene rings is 1. The van der Waals surface area contributed by atoms with Crippen LogP contribution < -0.4 is 10.5 Å². The Morgan fingerprint density at radius 3 is 2.90 bits per heavy atom. The zero-order valence-corrected chi connectivity index (χ0v) is 11.9. The van der Waals surface area contributed by atoms with E-state index < -0.39 is 5.82 Å². The van der Waals surface area contributed by atoms with Crippen LogP contribution in [0.3, 0.4) is 0 Å². The van der Waals surface area contributed by atoms with Crippen molar-refractivity contribution in [2.75, 3.05) is 12.3 Å². The third kappa shape index (κ3) is 2.91. The van der Waals surface area contributed by atoms with Crippen molar-refractivity contribution in [1.29, 1.82) is 0 Å². The summed E-state index contributed by atoms with van der Waals surface area (Å²) < 4.78 is 20.6.